The second-order valence-corrected chi connectivity index (χ2v) is 6.12. The van der Waals surface area contributed by atoms with Crippen LogP contribution in [0.15, 0.2) is 0 Å². The normalized spacial score (nSPS) is 33.1. The van der Waals surface area contributed by atoms with Crippen LogP contribution in [0.3, 0.4) is 0 Å². The third-order valence-electron chi connectivity index (χ3n) is 3.81. The summed E-state index contributed by atoms with van der Waals surface area (Å²) in [6.07, 6.45) is -1.65. The molecule has 3 atom stereocenters. The lowest BCUT2D eigenvalue weighted by Crippen LogP contribution is -2.44. The molecule has 1 N–H and O–H groups in total. The highest BCUT2D eigenvalue weighted by Crippen LogP contribution is 2.45. The van der Waals surface area contributed by atoms with Crippen LogP contribution in [0, 0.1) is 11.3 Å². The van der Waals surface area contributed by atoms with Gasteiger partial charge in [0, 0.05) is 5.88 Å². The zero-order chi connectivity index (χ0) is 14.1. The monoisotopic (exact) mass is 278 g/mol. The van der Waals surface area contributed by atoms with Gasteiger partial charge >= 0.3 is 0 Å². The fourth-order valence-electron chi connectivity index (χ4n) is 2.04. The molecule has 0 aromatic carbocycles. The first-order valence-corrected chi connectivity index (χ1v) is 6.81. The second-order valence-electron chi connectivity index (χ2n) is 5.75. The van der Waals surface area contributed by atoms with Crippen LogP contribution in [0.25, 0.3) is 0 Å². The zero-order valence-electron chi connectivity index (χ0n) is 11.7. The highest BCUT2D eigenvalue weighted by Gasteiger charge is 2.60. The molecule has 1 aliphatic heterocycles. The van der Waals surface area contributed by atoms with E-state index in [1.165, 1.54) is 0 Å². The summed E-state index contributed by atoms with van der Waals surface area (Å²) in [6.45, 7) is 9.28. The maximum absolute atomic E-state index is 12.4. The molecule has 1 fully saturated rings. The Morgan fingerprint density at radius 2 is 2.00 bits per heavy atom. The van der Waals surface area contributed by atoms with Crippen LogP contribution in [0.5, 0.6) is 0 Å². The summed E-state index contributed by atoms with van der Waals surface area (Å²) in [5.41, 5.74) is -0.806. The number of aliphatic hydroxyl groups is 1. The summed E-state index contributed by atoms with van der Waals surface area (Å²) in [5.74, 6) is -0.883. The minimum Gasteiger partial charge on any atom is -0.390 e. The number of carbonyl (C=O) groups is 1. The van der Waals surface area contributed by atoms with Crippen LogP contribution in [-0.2, 0) is 14.3 Å². The van der Waals surface area contributed by atoms with Crippen molar-refractivity contribution in [1.29, 1.82) is 0 Å². The smallest absolute Gasteiger partial charge is 0.178 e. The Bertz CT molecular complexity index is 316. The van der Waals surface area contributed by atoms with E-state index in [0.717, 1.165) is 0 Å². The summed E-state index contributed by atoms with van der Waals surface area (Å²) in [7, 11) is 0. The van der Waals surface area contributed by atoms with E-state index >= 15 is 0 Å². The lowest BCUT2D eigenvalue weighted by atomic mass is 9.79. The van der Waals surface area contributed by atoms with Crippen molar-refractivity contribution in [2.45, 2.75) is 52.6 Å². The summed E-state index contributed by atoms with van der Waals surface area (Å²) >= 11 is 5.61. The fourth-order valence-corrected chi connectivity index (χ4v) is 2.12. The van der Waals surface area contributed by atoms with Crippen molar-refractivity contribution in [3.05, 3.63) is 0 Å². The third kappa shape index (κ3) is 2.57. The molecule has 0 aromatic rings. The summed E-state index contributed by atoms with van der Waals surface area (Å²) in [4.78, 5) is 12.4. The molecule has 1 rings (SSSR count). The first kappa shape index (κ1) is 15.9. The highest BCUT2D eigenvalue weighted by atomic mass is 35.5. The van der Waals surface area contributed by atoms with E-state index < -0.39 is 23.4 Å². The van der Waals surface area contributed by atoms with Crippen LogP contribution in [-0.4, -0.2) is 41.4 Å². The Morgan fingerprint density at radius 3 is 2.44 bits per heavy atom. The predicted octanol–water partition coefficient (Wildman–Crippen LogP) is 1.97. The van der Waals surface area contributed by atoms with Crippen molar-refractivity contribution in [2.24, 2.45) is 11.3 Å². The largest absolute Gasteiger partial charge is 0.390 e. The Hall–Kier alpha value is -0.160. The van der Waals surface area contributed by atoms with E-state index in [1.54, 1.807) is 20.8 Å². The van der Waals surface area contributed by atoms with Crippen molar-refractivity contribution in [2.75, 3.05) is 12.5 Å². The van der Waals surface area contributed by atoms with Crippen LogP contribution in [0.4, 0.5) is 0 Å². The minimum atomic E-state index is -1.04. The molecule has 5 heteroatoms. The second kappa shape index (κ2) is 5.45. The fraction of sp³-hybridized carbons (Fsp3) is 0.923. The van der Waals surface area contributed by atoms with E-state index in [2.05, 4.69) is 0 Å². The number of carbonyl (C=O) groups excluding carboxylic acids is 1. The molecule has 0 saturated carbocycles. The van der Waals surface area contributed by atoms with Crippen LogP contribution < -0.4 is 0 Å². The molecule has 106 valence electrons. The maximum atomic E-state index is 12.4. The molecule has 18 heavy (non-hydrogen) atoms. The molecule has 0 spiro atoms. The number of hydrogen-bond donors (Lipinski definition) is 1. The number of ether oxygens (including phenoxy) is 2. The molecule has 0 aromatic heterocycles. The van der Waals surface area contributed by atoms with Gasteiger partial charge in [-0.2, -0.15) is 0 Å². The van der Waals surface area contributed by atoms with Crippen molar-refractivity contribution in [1.82, 2.24) is 0 Å². The lowest BCUT2D eigenvalue weighted by Gasteiger charge is -2.34. The number of halogens is 1. The standard InChI is InChI=1S/C13H23ClO4/c1-8(2)9(15)10-11(16)12(3,4)13(5,18-10)17-7-6-14/h8-10,15H,6-7H2,1-5H3. The molecule has 3 unspecified atom stereocenters. The van der Waals surface area contributed by atoms with Gasteiger partial charge in [-0.25, -0.2) is 0 Å². The number of aliphatic hydroxyl groups excluding tert-OH is 1. The predicted molar refractivity (Wildman–Crippen MR) is 69.6 cm³/mol. The van der Waals surface area contributed by atoms with Crippen LogP contribution in [0.2, 0.25) is 0 Å². The van der Waals surface area contributed by atoms with Crippen LogP contribution in [0.1, 0.15) is 34.6 Å². The molecule has 0 aliphatic carbocycles. The minimum absolute atomic E-state index is 0.0508. The summed E-state index contributed by atoms with van der Waals surface area (Å²) in [5, 5.41) is 10.1. The molecule has 1 saturated heterocycles. The van der Waals surface area contributed by atoms with Gasteiger partial charge in [0.1, 0.15) is 6.10 Å². The quantitative estimate of drug-likeness (QED) is 0.781. The molecule has 1 heterocycles. The zero-order valence-corrected chi connectivity index (χ0v) is 12.5. The number of ketones is 1. The van der Waals surface area contributed by atoms with Gasteiger partial charge < -0.3 is 14.6 Å². The molecule has 0 amide bonds. The molecular formula is C13H23ClO4. The van der Waals surface area contributed by atoms with E-state index in [1.807, 2.05) is 13.8 Å². The van der Waals surface area contributed by atoms with Crippen molar-refractivity contribution < 1.29 is 19.4 Å². The van der Waals surface area contributed by atoms with Gasteiger partial charge in [-0.1, -0.05) is 13.8 Å². The van der Waals surface area contributed by atoms with E-state index in [-0.39, 0.29) is 11.7 Å². The van der Waals surface area contributed by atoms with Crippen molar-refractivity contribution in [3.8, 4) is 0 Å². The average Bonchev–Trinajstić information content (AvgIpc) is 2.47. The van der Waals surface area contributed by atoms with Gasteiger partial charge in [0.2, 0.25) is 0 Å². The lowest BCUT2D eigenvalue weighted by molar-refractivity contribution is -0.258. The highest BCUT2D eigenvalue weighted by molar-refractivity contribution is 6.17. The van der Waals surface area contributed by atoms with E-state index in [0.29, 0.717) is 12.5 Å². The van der Waals surface area contributed by atoms with Gasteiger partial charge in [-0.15, -0.1) is 11.6 Å². The molecule has 0 radical (unpaired) electrons. The Labute approximate surface area is 114 Å². The van der Waals surface area contributed by atoms with Gasteiger partial charge in [0.25, 0.3) is 0 Å². The third-order valence-corrected chi connectivity index (χ3v) is 3.96. The SMILES string of the molecule is CC(C)C(O)C1OC(C)(OCCCl)C(C)(C)C1=O. The molecular weight excluding hydrogens is 256 g/mol. The van der Waals surface area contributed by atoms with Gasteiger partial charge in [-0.3, -0.25) is 4.79 Å². The van der Waals surface area contributed by atoms with Gasteiger partial charge in [0.05, 0.1) is 18.1 Å². The first-order chi connectivity index (χ1) is 8.17. The Kier molecular flexibility index (Phi) is 4.81. The summed E-state index contributed by atoms with van der Waals surface area (Å²) in [6, 6.07) is 0. The number of alkyl halides is 1. The maximum Gasteiger partial charge on any atom is 0.178 e. The van der Waals surface area contributed by atoms with E-state index in [9.17, 15) is 9.90 Å². The Balaban J connectivity index is 2.94. The Morgan fingerprint density at radius 1 is 1.44 bits per heavy atom. The van der Waals surface area contributed by atoms with E-state index in [4.69, 9.17) is 21.1 Å². The number of rotatable bonds is 5. The molecule has 0 bridgehead atoms. The summed E-state index contributed by atoms with van der Waals surface area (Å²) < 4.78 is 11.3. The van der Waals surface area contributed by atoms with Crippen molar-refractivity contribution >= 4 is 17.4 Å². The average molecular weight is 279 g/mol. The van der Waals surface area contributed by atoms with Gasteiger partial charge in [-0.05, 0) is 26.7 Å². The first-order valence-electron chi connectivity index (χ1n) is 6.27. The number of Topliss-reactive ketones (excluding diaryl/α,β-unsaturated/α-hetero) is 1. The number of hydrogen-bond acceptors (Lipinski definition) is 4. The topological polar surface area (TPSA) is 55.8 Å². The van der Waals surface area contributed by atoms with Gasteiger partial charge in [0.15, 0.2) is 11.6 Å². The molecule has 4 nitrogen and oxygen atoms in total. The van der Waals surface area contributed by atoms with Crippen LogP contribution >= 0.6 is 11.6 Å². The molecule has 1 aliphatic rings. The van der Waals surface area contributed by atoms with Crippen molar-refractivity contribution in [3.63, 3.8) is 0 Å².